The minimum atomic E-state index is -0.806. The summed E-state index contributed by atoms with van der Waals surface area (Å²) in [5.41, 5.74) is 8.38. The lowest BCUT2D eigenvalue weighted by molar-refractivity contribution is -0.126. The van der Waals surface area contributed by atoms with Crippen LogP contribution < -0.4 is 21.5 Å². The van der Waals surface area contributed by atoms with Crippen molar-refractivity contribution in [1.29, 1.82) is 0 Å². The first-order chi connectivity index (χ1) is 21.4. The second-order valence-corrected chi connectivity index (χ2v) is 10.7. The largest absolute Gasteiger partial charge is 0.403 e. The fraction of sp³-hybridized carbons (Fsp3) is 0.333. The number of piperazine rings is 1. The highest BCUT2D eigenvalue weighted by Crippen LogP contribution is 2.31. The second kappa shape index (κ2) is 12.8. The third-order valence-electron chi connectivity index (χ3n) is 8.02. The first-order valence-electron chi connectivity index (χ1n) is 14.5. The van der Waals surface area contributed by atoms with Crippen molar-refractivity contribution in [2.75, 3.05) is 68.9 Å². The Bertz CT molecular complexity index is 1660. The number of benzene rings is 1. The highest BCUT2D eigenvalue weighted by molar-refractivity contribution is 6.45. The zero-order chi connectivity index (χ0) is 30.6. The van der Waals surface area contributed by atoms with Crippen molar-refractivity contribution in [3.63, 3.8) is 0 Å². The smallest absolute Gasteiger partial charge is 0.295 e. The van der Waals surface area contributed by atoms with Crippen LogP contribution in [-0.4, -0.2) is 100 Å². The Morgan fingerprint density at radius 1 is 1.07 bits per heavy atom. The molecule has 5 N–H and O–H groups in total. The fourth-order valence-corrected chi connectivity index (χ4v) is 5.67. The third kappa shape index (κ3) is 5.86. The number of nitrogens with one attached hydrogen (secondary N) is 1. The number of rotatable bonds is 9. The van der Waals surface area contributed by atoms with E-state index in [0.717, 1.165) is 67.5 Å². The van der Waals surface area contributed by atoms with Crippen LogP contribution in [0.3, 0.4) is 0 Å². The van der Waals surface area contributed by atoms with Gasteiger partial charge in [-0.15, -0.1) is 0 Å². The molecule has 0 unspecified atom stereocenters. The van der Waals surface area contributed by atoms with Crippen LogP contribution in [0.25, 0.3) is 22.2 Å². The minimum absolute atomic E-state index is 0.0511. The number of anilines is 2. The number of ether oxygens (including phenoxy) is 1. The summed E-state index contributed by atoms with van der Waals surface area (Å²) in [7, 11) is 0. The third-order valence-corrected chi connectivity index (χ3v) is 8.02. The number of carbonyl (C=O) groups excluding carboxylic acids is 2. The summed E-state index contributed by atoms with van der Waals surface area (Å²) in [6.07, 6.45) is 6.87. The second-order valence-electron chi connectivity index (χ2n) is 10.7. The van der Waals surface area contributed by atoms with Gasteiger partial charge >= 0.3 is 0 Å². The summed E-state index contributed by atoms with van der Waals surface area (Å²) in [6.45, 7) is 6.62. The number of pyridine rings is 1. The SMILES string of the molecule is N/C=C\N(N)c1ncc(F)c2c(C(=O)C(=O)N3CCN(c4cn(CCN5CCOCC5)nc4-c4ccccc4)CC3)c[nH]c12. The molecule has 0 spiro atoms. The van der Waals surface area contributed by atoms with Crippen LogP contribution in [-0.2, 0) is 16.1 Å². The van der Waals surface area contributed by atoms with Gasteiger partial charge in [0.1, 0.15) is 5.69 Å². The minimum Gasteiger partial charge on any atom is -0.403 e. The molecule has 2 aliphatic heterocycles. The number of hydrazine groups is 1. The highest BCUT2D eigenvalue weighted by Gasteiger charge is 2.31. The Morgan fingerprint density at radius 3 is 2.55 bits per heavy atom. The van der Waals surface area contributed by atoms with Gasteiger partial charge in [0.25, 0.3) is 11.7 Å². The van der Waals surface area contributed by atoms with Crippen molar-refractivity contribution in [2.24, 2.45) is 11.6 Å². The summed E-state index contributed by atoms with van der Waals surface area (Å²) in [5.74, 6) is 3.84. The van der Waals surface area contributed by atoms with Gasteiger partial charge in [-0.2, -0.15) is 5.10 Å². The molecule has 0 aliphatic carbocycles. The molecule has 6 rings (SSSR count). The molecule has 230 valence electrons. The lowest BCUT2D eigenvalue weighted by Crippen LogP contribution is -2.50. The van der Waals surface area contributed by atoms with Gasteiger partial charge in [0.05, 0.1) is 48.1 Å². The van der Waals surface area contributed by atoms with E-state index in [1.807, 2.05) is 35.0 Å². The van der Waals surface area contributed by atoms with Gasteiger partial charge in [-0.1, -0.05) is 30.3 Å². The van der Waals surface area contributed by atoms with E-state index in [0.29, 0.717) is 26.2 Å². The Hall–Kier alpha value is -4.79. The molecule has 3 aromatic heterocycles. The van der Waals surface area contributed by atoms with Gasteiger partial charge in [-0.25, -0.2) is 15.2 Å². The molecule has 0 saturated carbocycles. The maximum absolute atomic E-state index is 14.9. The molecule has 4 aromatic rings. The topological polar surface area (TPSA) is 155 Å². The molecule has 0 atom stereocenters. The Balaban J connectivity index is 1.17. The molecule has 0 radical (unpaired) electrons. The number of hydrogen-bond donors (Lipinski definition) is 3. The van der Waals surface area contributed by atoms with E-state index >= 15 is 0 Å². The van der Waals surface area contributed by atoms with Gasteiger partial charge in [0.15, 0.2) is 11.6 Å². The van der Waals surface area contributed by atoms with Crippen molar-refractivity contribution < 1.29 is 18.7 Å². The van der Waals surface area contributed by atoms with Crippen molar-refractivity contribution in [1.82, 2.24) is 29.5 Å². The van der Waals surface area contributed by atoms with Crippen molar-refractivity contribution >= 4 is 34.1 Å². The quantitative estimate of drug-likeness (QED) is 0.111. The number of nitrogens with zero attached hydrogens (tertiary/aromatic N) is 7. The number of amides is 1. The predicted molar refractivity (Wildman–Crippen MR) is 164 cm³/mol. The molecule has 1 amide bonds. The molecular weight excluding hydrogens is 567 g/mol. The van der Waals surface area contributed by atoms with Crippen LogP contribution in [0.5, 0.6) is 0 Å². The standard InChI is InChI=1S/C30H35FN10O3/c31-23-19-35-29(41(33)7-6-32)27-25(23)22(18-34-27)28(42)30(43)39-11-9-38(10-12-39)24-20-40(13-8-37-14-16-44-17-15-37)36-26(24)21-4-2-1-3-5-21/h1-7,18-20,34H,8-17,32-33H2/b7-6-. The summed E-state index contributed by atoms with van der Waals surface area (Å²) in [5, 5.41) is 5.99. The number of carbonyl (C=O) groups is 2. The average molecular weight is 603 g/mol. The number of aromatic nitrogens is 4. The zero-order valence-electron chi connectivity index (χ0n) is 24.2. The number of hydrogen-bond acceptors (Lipinski definition) is 10. The first-order valence-corrected chi connectivity index (χ1v) is 14.5. The van der Waals surface area contributed by atoms with Gasteiger partial charge < -0.3 is 25.3 Å². The van der Waals surface area contributed by atoms with E-state index in [9.17, 15) is 14.0 Å². The van der Waals surface area contributed by atoms with Gasteiger partial charge in [-0.3, -0.25) is 24.2 Å². The van der Waals surface area contributed by atoms with Crippen LogP contribution in [0.4, 0.5) is 15.9 Å². The molecule has 13 nitrogen and oxygen atoms in total. The van der Waals surface area contributed by atoms with Crippen LogP contribution >= 0.6 is 0 Å². The van der Waals surface area contributed by atoms with Gasteiger partial charge in [0.2, 0.25) is 0 Å². The highest BCUT2D eigenvalue weighted by atomic mass is 19.1. The van der Waals surface area contributed by atoms with Crippen molar-refractivity contribution in [3.05, 3.63) is 72.7 Å². The lowest BCUT2D eigenvalue weighted by atomic mass is 10.1. The maximum atomic E-state index is 14.9. The number of morpholine rings is 1. The maximum Gasteiger partial charge on any atom is 0.295 e. The molecule has 2 saturated heterocycles. The number of Topliss-reactive ketones (excluding diaryl/α,β-unsaturated/α-hetero) is 1. The molecule has 0 bridgehead atoms. The van der Waals surface area contributed by atoms with Crippen molar-refractivity contribution in [3.8, 4) is 11.3 Å². The van der Waals surface area contributed by atoms with Crippen LogP contribution in [0.1, 0.15) is 10.4 Å². The van der Waals surface area contributed by atoms with Gasteiger partial charge in [-0.05, 0) is 0 Å². The predicted octanol–water partition coefficient (Wildman–Crippen LogP) is 1.54. The monoisotopic (exact) mass is 602 g/mol. The van der Waals surface area contributed by atoms with Crippen LogP contribution in [0.15, 0.2) is 61.3 Å². The molecule has 44 heavy (non-hydrogen) atoms. The summed E-state index contributed by atoms with van der Waals surface area (Å²) < 4.78 is 22.3. The lowest BCUT2D eigenvalue weighted by Gasteiger charge is -2.35. The molecule has 2 aliphatic rings. The van der Waals surface area contributed by atoms with Crippen LogP contribution in [0.2, 0.25) is 0 Å². The van der Waals surface area contributed by atoms with E-state index in [2.05, 4.69) is 26.0 Å². The average Bonchev–Trinajstić information content (AvgIpc) is 3.70. The van der Waals surface area contributed by atoms with Crippen LogP contribution in [0, 0.1) is 5.82 Å². The number of ketones is 1. The van der Waals surface area contributed by atoms with Crippen molar-refractivity contribution in [2.45, 2.75) is 6.54 Å². The van der Waals surface area contributed by atoms with Gasteiger partial charge in [0, 0.05) is 76.2 Å². The first kappa shape index (κ1) is 29.3. The van der Waals surface area contributed by atoms with E-state index < -0.39 is 17.5 Å². The Labute approximate surface area is 253 Å². The van der Waals surface area contributed by atoms with E-state index in [4.69, 9.17) is 21.4 Å². The molecule has 5 heterocycles. The van der Waals surface area contributed by atoms with E-state index in [-0.39, 0.29) is 22.3 Å². The molecule has 1 aromatic carbocycles. The number of halogens is 1. The Morgan fingerprint density at radius 2 is 1.82 bits per heavy atom. The number of fused-ring (bicyclic) bond motifs is 1. The molecular formula is C30H35FN10O3. The fourth-order valence-electron chi connectivity index (χ4n) is 5.67. The molecule has 14 heteroatoms. The number of H-pyrrole nitrogens is 1. The summed E-state index contributed by atoms with van der Waals surface area (Å²) >= 11 is 0. The number of nitrogens with two attached hydrogens (primary N) is 2. The molecule has 2 fully saturated rings. The zero-order valence-corrected chi connectivity index (χ0v) is 24.2. The van der Waals surface area contributed by atoms with E-state index in [1.54, 1.807) is 0 Å². The Kier molecular flexibility index (Phi) is 8.54. The normalized spacial score (nSPS) is 16.2. The van der Waals surface area contributed by atoms with E-state index in [1.165, 1.54) is 23.5 Å². The summed E-state index contributed by atoms with van der Waals surface area (Å²) in [4.78, 5) is 39.6. The number of aromatic amines is 1. The summed E-state index contributed by atoms with van der Waals surface area (Å²) in [6, 6.07) is 10.0.